The molecule has 0 bridgehead atoms. The van der Waals surface area contributed by atoms with Gasteiger partial charge in [0, 0.05) is 5.56 Å². The maximum Gasteiger partial charge on any atom is 0.133 e. The van der Waals surface area contributed by atoms with Gasteiger partial charge in [0.05, 0.1) is 22.1 Å². The summed E-state index contributed by atoms with van der Waals surface area (Å²) in [4.78, 5) is 0. The van der Waals surface area contributed by atoms with Gasteiger partial charge in [-0.3, -0.25) is 0 Å². The van der Waals surface area contributed by atoms with Crippen LogP contribution in [0, 0.1) is 46.5 Å². The molecular formula is C43H24F8. The van der Waals surface area contributed by atoms with Crippen molar-refractivity contribution in [3.8, 4) is 33.4 Å². The van der Waals surface area contributed by atoms with Crippen molar-refractivity contribution < 1.29 is 35.1 Å². The van der Waals surface area contributed by atoms with Gasteiger partial charge in [-0.25, -0.2) is 35.1 Å². The predicted molar refractivity (Wildman–Crippen MR) is 181 cm³/mol. The summed E-state index contributed by atoms with van der Waals surface area (Å²) in [5.41, 5.74) is -2.08. The van der Waals surface area contributed by atoms with Gasteiger partial charge >= 0.3 is 0 Å². The van der Waals surface area contributed by atoms with Gasteiger partial charge in [0.1, 0.15) is 46.5 Å². The average molecular weight is 693 g/mol. The van der Waals surface area contributed by atoms with E-state index in [1.165, 1.54) is 97.1 Å². The van der Waals surface area contributed by atoms with Crippen molar-refractivity contribution in [3.05, 3.63) is 214 Å². The Bertz CT molecular complexity index is 2070. The molecule has 0 aliphatic carbocycles. The van der Waals surface area contributed by atoms with Crippen LogP contribution >= 0.6 is 0 Å². The van der Waals surface area contributed by atoms with Crippen LogP contribution in [-0.4, -0.2) is 0 Å². The van der Waals surface area contributed by atoms with E-state index in [4.69, 9.17) is 0 Å². The second kappa shape index (κ2) is 13.4. The molecule has 0 nitrogen and oxygen atoms in total. The SMILES string of the molecule is Fc1cccc(F)c1-c1ccc(C(c2ccc(-c3c(F)cccc3F)cc2)(c2ccc(-c3c(F)cccc3F)cc2)c2c(F)cccc2F)cc1. The Morgan fingerprint density at radius 1 is 0.255 bits per heavy atom. The summed E-state index contributed by atoms with van der Waals surface area (Å²) < 4.78 is 121. The molecule has 0 heterocycles. The lowest BCUT2D eigenvalue weighted by molar-refractivity contribution is 0.523. The molecule has 0 aliphatic rings. The molecule has 0 saturated carbocycles. The molecule has 0 aliphatic heterocycles. The first-order valence-electron chi connectivity index (χ1n) is 15.7. The Balaban J connectivity index is 1.52. The third-order valence-corrected chi connectivity index (χ3v) is 9.05. The molecule has 8 heteroatoms. The van der Waals surface area contributed by atoms with Crippen molar-refractivity contribution in [2.75, 3.05) is 0 Å². The maximum atomic E-state index is 16.2. The van der Waals surface area contributed by atoms with Gasteiger partial charge in [-0.15, -0.1) is 0 Å². The average Bonchev–Trinajstić information content (AvgIpc) is 3.11. The van der Waals surface area contributed by atoms with Crippen LogP contribution in [0.3, 0.4) is 0 Å². The molecular weight excluding hydrogens is 668 g/mol. The second-order valence-corrected chi connectivity index (χ2v) is 11.9. The van der Waals surface area contributed by atoms with Crippen molar-refractivity contribution >= 4 is 0 Å². The molecule has 7 rings (SSSR count). The number of halogens is 8. The Labute approximate surface area is 287 Å². The fourth-order valence-electron chi connectivity index (χ4n) is 6.77. The number of rotatable bonds is 7. The van der Waals surface area contributed by atoms with Crippen LogP contribution in [-0.2, 0) is 5.41 Å². The summed E-state index contributed by atoms with van der Waals surface area (Å²) in [6.45, 7) is 0. The zero-order chi connectivity index (χ0) is 35.9. The Kier molecular flexibility index (Phi) is 8.77. The smallest absolute Gasteiger partial charge is 0.133 e. The van der Waals surface area contributed by atoms with Gasteiger partial charge in [0.25, 0.3) is 0 Å². The van der Waals surface area contributed by atoms with E-state index < -0.39 is 57.5 Å². The third-order valence-electron chi connectivity index (χ3n) is 9.05. The number of benzene rings is 7. The first-order chi connectivity index (χ1) is 24.6. The van der Waals surface area contributed by atoms with Crippen molar-refractivity contribution in [1.82, 2.24) is 0 Å². The van der Waals surface area contributed by atoms with E-state index >= 15 is 8.78 Å². The lowest BCUT2D eigenvalue weighted by Gasteiger charge is -2.37. The minimum Gasteiger partial charge on any atom is -0.207 e. The van der Waals surface area contributed by atoms with Gasteiger partial charge in [-0.05, 0) is 81.9 Å². The third kappa shape index (κ3) is 5.76. The van der Waals surface area contributed by atoms with E-state index in [0.717, 1.165) is 48.5 Å². The molecule has 0 fully saturated rings. The highest BCUT2D eigenvalue weighted by molar-refractivity contribution is 5.72. The summed E-state index contributed by atoms with van der Waals surface area (Å²) in [5, 5.41) is 0. The molecule has 0 unspecified atom stereocenters. The topological polar surface area (TPSA) is 0 Å². The molecule has 0 amide bonds. The Morgan fingerprint density at radius 3 is 0.706 bits per heavy atom. The lowest BCUT2D eigenvalue weighted by atomic mass is 9.64. The number of hydrogen-bond acceptors (Lipinski definition) is 0. The Morgan fingerprint density at radius 2 is 0.471 bits per heavy atom. The predicted octanol–water partition coefficient (Wildman–Crippen LogP) is 12.2. The van der Waals surface area contributed by atoms with E-state index in [2.05, 4.69) is 0 Å². The van der Waals surface area contributed by atoms with Crippen LogP contribution in [0.15, 0.2) is 146 Å². The van der Waals surface area contributed by atoms with Gasteiger partial charge in [-0.1, -0.05) is 97.1 Å². The van der Waals surface area contributed by atoms with Gasteiger partial charge in [0.2, 0.25) is 0 Å². The zero-order valence-electron chi connectivity index (χ0n) is 26.4. The van der Waals surface area contributed by atoms with E-state index in [0.29, 0.717) is 0 Å². The minimum atomic E-state index is -1.87. The fraction of sp³-hybridized carbons (Fsp3) is 0.0233. The summed E-state index contributed by atoms with van der Waals surface area (Å²) in [6.07, 6.45) is 0. The fourth-order valence-corrected chi connectivity index (χ4v) is 6.77. The van der Waals surface area contributed by atoms with Crippen molar-refractivity contribution in [2.45, 2.75) is 5.41 Å². The molecule has 0 atom stereocenters. The molecule has 252 valence electrons. The summed E-state index contributed by atoms with van der Waals surface area (Å²) in [7, 11) is 0. The van der Waals surface area contributed by atoms with Crippen LogP contribution < -0.4 is 0 Å². The molecule has 0 saturated heterocycles. The van der Waals surface area contributed by atoms with E-state index in [1.807, 2.05) is 0 Å². The van der Waals surface area contributed by atoms with Crippen molar-refractivity contribution in [3.63, 3.8) is 0 Å². The van der Waals surface area contributed by atoms with Crippen LogP contribution in [0.2, 0.25) is 0 Å². The summed E-state index contributed by atoms with van der Waals surface area (Å²) >= 11 is 0. The molecule has 0 spiro atoms. The Hall–Kier alpha value is -6.02. The van der Waals surface area contributed by atoms with Gasteiger partial charge in [0.15, 0.2) is 0 Å². The summed E-state index contributed by atoms with van der Waals surface area (Å²) in [5.74, 6) is -6.81. The van der Waals surface area contributed by atoms with Crippen LogP contribution in [0.4, 0.5) is 35.1 Å². The minimum absolute atomic E-state index is 0.146. The van der Waals surface area contributed by atoms with E-state index in [1.54, 1.807) is 0 Å². The molecule has 0 N–H and O–H groups in total. The normalized spacial score (nSPS) is 11.5. The highest BCUT2D eigenvalue weighted by Gasteiger charge is 2.43. The standard InChI is InChI=1S/C43H24F8/c44-31-5-1-6-32(45)39(31)25-13-19-28(20-14-25)43(42-37(50)11-4-12-38(42)51,29-21-15-26(16-22-29)40-33(46)7-2-8-34(40)47)30-23-17-27(18-24-30)41-35(48)9-3-10-36(41)49/h1-24H. The number of hydrogen-bond donors (Lipinski definition) is 0. The molecule has 0 aromatic heterocycles. The second-order valence-electron chi connectivity index (χ2n) is 11.9. The highest BCUT2D eigenvalue weighted by atomic mass is 19.2. The molecule has 51 heavy (non-hydrogen) atoms. The first-order valence-corrected chi connectivity index (χ1v) is 15.7. The molecule has 0 radical (unpaired) electrons. The highest BCUT2D eigenvalue weighted by Crippen LogP contribution is 2.48. The van der Waals surface area contributed by atoms with Crippen molar-refractivity contribution in [1.29, 1.82) is 0 Å². The van der Waals surface area contributed by atoms with E-state index in [9.17, 15) is 26.3 Å². The van der Waals surface area contributed by atoms with Crippen LogP contribution in [0.25, 0.3) is 33.4 Å². The van der Waals surface area contributed by atoms with Gasteiger partial charge in [-0.2, -0.15) is 0 Å². The molecule has 7 aromatic carbocycles. The monoisotopic (exact) mass is 692 g/mol. The van der Waals surface area contributed by atoms with Gasteiger partial charge < -0.3 is 0 Å². The largest absolute Gasteiger partial charge is 0.207 e. The van der Waals surface area contributed by atoms with Crippen molar-refractivity contribution in [2.24, 2.45) is 0 Å². The molecule has 7 aromatic rings. The lowest BCUT2D eigenvalue weighted by Crippen LogP contribution is -2.33. The quantitative estimate of drug-likeness (QED) is 0.115. The van der Waals surface area contributed by atoms with E-state index in [-0.39, 0.29) is 50.1 Å². The van der Waals surface area contributed by atoms with Crippen LogP contribution in [0.1, 0.15) is 22.3 Å². The summed E-state index contributed by atoms with van der Waals surface area (Å²) in [6, 6.07) is 30.9. The van der Waals surface area contributed by atoms with Crippen LogP contribution in [0.5, 0.6) is 0 Å². The maximum absolute atomic E-state index is 16.2. The first kappa shape index (κ1) is 33.5. The zero-order valence-corrected chi connectivity index (χ0v) is 26.4.